The normalized spacial score (nSPS) is 23.8. The second-order valence-electron chi connectivity index (χ2n) is 6.80. The minimum atomic E-state index is 0.00901. The molecule has 2 amide bonds. The van der Waals surface area contributed by atoms with Crippen molar-refractivity contribution in [3.05, 3.63) is 24.3 Å². The van der Waals surface area contributed by atoms with Crippen LogP contribution in [0.2, 0.25) is 0 Å². The Bertz CT molecular complexity index is 571. The molecule has 1 N–H and O–H groups in total. The first-order chi connectivity index (χ1) is 11.7. The van der Waals surface area contributed by atoms with Crippen molar-refractivity contribution in [3.63, 3.8) is 0 Å². The molecule has 1 saturated heterocycles. The molecule has 0 atom stereocenters. The Balaban J connectivity index is 1.48. The predicted molar refractivity (Wildman–Crippen MR) is 92.9 cm³/mol. The molecule has 1 aromatic carbocycles. The highest BCUT2D eigenvalue weighted by molar-refractivity contribution is 5.92. The van der Waals surface area contributed by atoms with Crippen molar-refractivity contribution in [2.45, 2.75) is 38.5 Å². The predicted octanol–water partition coefficient (Wildman–Crippen LogP) is 3.06. The van der Waals surface area contributed by atoms with Gasteiger partial charge in [0.25, 0.3) is 0 Å². The van der Waals surface area contributed by atoms with E-state index in [0.717, 1.165) is 63.1 Å². The van der Waals surface area contributed by atoms with E-state index in [1.807, 2.05) is 29.2 Å². The first-order valence-corrected chi connectivity index (χ1v) is 8.91. The van der Waals surface area contributed by atoms with Crippen LogP contribution in [0.25, 0.3) is 0 Å². The number of methoxy groups -OCH3 is 1. The molecule has 5 heteroatoms. The fourth-order valence-corrected chi connectivity index (χ4v) is 3.72. The van der Waals surface area contributed by atoms with Gasteiger partial charge in [0, 0.05) is 30.6 Å². The van der Waals surface area contributed by atoms with Crippen LogP contribution in [-0.2, 0) is 9.59 Å². The van der Waals surface area contributed by atoms with Gasteiger partial charge in [-0.2, -0.15) is 0 Å². The summed E-state index contributed by atoms with van der Waals surface area (Å²) in [5.74, 6) is 1.27. The third kappa shape index (κ3) is 3.89. The summed E-state index contributed by atoms with van der Waals surface area (Å²) in [5, 5.41) is 2.97. The lowest BCUT2D eigenvalue weighted by Crippen LogP contribution is -2.37. The van der Waals surface area contributed by atoms with Crippen LogP contribution in [0.5, 0.6) is 5.75 Å². The second-order valence-corrected chi connectivity index (χ2v) is 6.80. The zero-order chi connectivity index (χ0) is 16.9. The van der Waals surface area contributed by atoms with Gasteiger partial charge in [0.1, 0.15) is 5.75 Å². The van der Waals surface area contributed by atoms with Gasteiger partial charge in [-0.3, -0.25) is 9.59 Å². The minimum absolute atomic E-state index is 0.00901. The van der Waals surface area contributed by atoms with Gasteiger partial charge in [0.15, 0.2) is 0 Å². The van der Waals surface area contributed by atoms with Crippen LogP contribution >= 0.6 is 0 Å². The van der Waals surface area contributed by atoms with Gasteiger partial charge in [-0.05, 0) is 62.8 Å². The van der Waals surface area contributed by atoms with Gasteiger partial charge in [-0.25, -0.2) is 0 Å². The molecule has 0 radical (unpaired) electrons. The van der Waals surface area contributed by atoms with Gasteiger partial charge in [-0.15, -0.1) is 0 Å². The third-order valence-electron chi connectivity index (χ3n) is 5.22. The van der Waals surface area contributed by atoms with E-state index < -0.39 is 0 Å². The summed E-state index contributed by atoms with van der Waals surface area (Å²) in [6.45, 7) is 1.83. The highest BCUT2D eigenvalue weighted by atomic mass is 16.5. The maximum absolute atomic E-state index is 12.4. The molecule has 1 aromatic rings. The molecule has 5 nitrogen and oxygen atoms in total. The lowest BCUT2D eigenvalue weighted by Gasteiger charge is -2.29. The average Bonchev–Trinajstić information content (AvgIpc) is 3.16. The van der Waals surface area contributed by atoms with Crippen LogP contribution in [0.1, 0.15) is 38.5 Å². The van der Waals surface area contributed by atoms with Crippen LogP contribution in [-0.4, -0.2) is 36.9 Å². The Labute approximate surface area is 143 Å². The van der Waals surface area contributed by atoms with E-state index in [4.69, 9.17) is 4.74 Å². The quantitative estimate of drug-likeness (QED) is 0.923. The average molecular weight is 330 g/mol. The molecule has 2 fully saturated rings. The number of benzene rings is 1. The molecule has 3 rings (SSSR count). The molecular weight excluding hydrogens is 304 g/mol. The summed E-state index contributed by atoms with van der Waals surface area (Å²) >= 11 is 0. The molecule has 0 bridgehead atoms. The molecule has 1 aliphatic heterocycles. The molecule has 1 saturated carbocycles. The first-order valence-electron chi connectivity index (χ1n) is 8.91. The summed E-state index contributed by atoms with van der Waals surface area (Å²) in [6, 6.07) is 7.36. The topological polar surface area (TPSA) is 58.6 Å². The number of nitrogens with one attached hydrogen (secondary N) is 1. The highest BCUT2D eigenvalue weighted by Gasteiger charge is 2.32. The number of hydrogen-bond acceptors (Lipinski definition) is 3. The summed E-state index contributed by atoms with van der Waals surface area (Å²) in [5.41, 5.74) is 0.788. The Morgan fingerprint density at radius 1 is 1.00 bits per heavy atom. The number of likely N-dealkylation sites (tertiary alicyclic amines) is 1. The third-order valence-corrected chi connectivity index (χ3v) is 5.22. The van der Waals surface area contributed by atoms with Crippen molar-refractivity contribution in [3.8, 4) is 5.75 Å². The van der Waals surface area contributed by atoms with Gasteiger partial charge in [-0.1, -0.05) is 0 Å². The van der Waals surface area contributed by atoms with Crippen molar-refractivity contribution in [1.82, 2.24) is 4.90 Å². The van der Waals surface area contributed by atoms with Crippen molar-refractivity contribution in [2.24, 2.45) is 11.8 Å². The van der Waals surface area contributed by atoms with Gasteiger partial charge >= 0.3 is 0 Å². The largest absolute Gasteiger partial charge is 0.497 e. The first kappa shape index (κ1) is 16.8. The number of carbonyl (C=O) groups excluding carboxylic acids is 2. The summed E-state index contributed by atoms with van der Waals surface area (Å²) in [7, 11) is 1.62. The van der Waals surface area contributed by atoms with E-state index in [-0.39, 0.29) is 17.7 Å². The lowest BCUT2D eigenvalue weighted by molar-refractivity contribution is -0.136. The van der Waals surface area contributed by atoms with E-state index in [9.17, 15) is 9.59 Å². The van der Waals surface area contributed by atoms with Crippen LogP contribution < -0.4 is 10.1 Å². The van der Waals surface area contributed by atoms with E-state index >= 15 is 0 Å². The highest BCUT2D eigenvalue weighted by Crippen LogP contribution is 2.31. The van der Waals surface area contributed by atoms with Gasteiger partial charge in [0.2, 0.25) is 11.8 Å². The molecule has 0 unspecified atom stereocenters. The van der Waals surface area contributed by atoms with E-state index in [1.165, 1.54) is 0 Å². The molecule has 1 heterocycles. The van der Waals surface area contributed by atoms with E-state index in [1.54, 1.807) is 7.11 Å². The Hall–Kier alpha value is -2.04. The van der Waals surface area contributed by atoms with E-state index in [0.29, 0.717) is 5.91 Å². The van der Waals surface area contributed by atoms with Crippen LogP contribution in [0.3, 0.4) is 0 Å². The summed E-state index contributed by atoms with van der Waals surface area (Å²) in [4.78, 5) is 26.9. The molecule has 1 aliphatic carbocycles. The molecule has 0 aromatic heterocycles. The Kier molecular flexibility index (Phi) is 5.38. The SMILES string of the molecule is COc1ccc(NC(=O)C2CCC(C(=O)N3CCCC3)CC2)cc1. The minimum Gasteiger partial charge on any atom is -0.497 e. The van der Waals surface area contributed by atoms with Crippen molar-refractivity contribution < 1.29 is 14.3 Å². The Morgan fingerprint density at radius 3 is 2.17 bits per heavy atom. The van der Waals surface area contributed by atoms with Crippen LogP contribution in [0.4, 0.5) is 5.69 Å². The molecule has 130 valence electrons. The number of hydrogen-bond donors (Lipinski definition) is 1. The number of ether oxygens (including phenoxy) is 1. The monoisotopic (exact) mass is 330 g/mol. The molecule has 0 spiro atoms. The number of nitrogens with zero attached hydrogens (tertiary/aromatic N) is 1. The number of rotatable bonds is 4. The van der Waals surface area contributed by atoms with Crippen LogP contribution in [0.15, 0.2) is 24.3 Å². The second kappa shape index (κ2) is 7.69. The number of carbonyl (C=O) groups is 2. The Morgan fingerprint density at radius 2 is 1.58 bits per heavy atom. The van der Waals surface area contributed by atoms with Crippen molar-refractivity contribution >= 4 is 17.5 Å². The molecular formula is C19H26N2O3. The summed E-state index contributed by atoms with van der Waals surface area (Å²) < 4.78 is 5.12. The number of anilines is 1. The molecule has 2 aliphatic rings. The number of amides is 2. The fourth-order valence-electron chi connectivity index (χ4n) is 3.72. The molecule has 24 heavy (non-hydrogen) atoms. The van der Waals surface area contributed by atoms with Crippen molar-refractivity contribution in [2.75, 3.05) is 25.5 Å². The maximum Gasteiger partial charge on any atom is 0.227 e. The zero-order valence-electron chi connectivity index (χ0n) is 14.3. The lowest BCUT2D eigenvalue weighted by atomic mass is 9.81. The maximum atomic E-state index is 12.4. The smallest absolute Gasteiger partial charge is 0.227 e. The van der Waals surface area contributed by atoms with Crippen molar-refractivity contribution in [1.29, 1.82) is 0 Å². The van der Waals surface area contributed by atoms with Gasteiger partial charge in [0.05, 0.1) is 7.11 Å². The fraction of sp³-hybridized carbons (Fsp3) is 0.579. The standard InChI is InChI=1S/C19H26N2O3/c1-24-17-10-8-16(9-11-17)20-18(22)14-4-6-15(7-5-14)19(23)21-12-2-3-13-21/h8-11,14-15H,2-7,12-13H2,1H3,(H,20,22). The van der Waals surface area contributed by atoms with Gasteiger partial charge < -0.3 is 15.0 Å². The van der Waals surface area contributed by atoms with Crippen LogP contribution in [0, 0.1) is 11.8 Å². The summed E-state index contributed by atoms with van der Waals surface area (Å²) in [6.07, 6.45) is 5.52. The van der Waals surface area contributed by atoms with E-state index in [2.05, 4.69) is 5.32 Å². The zero-order valence-corrected chi connectivity index (χ0v) is 14.3.